The number of Topliss-reactive ketones (excluding diaryl/α,β-unsaturated/α-hetero) is 1. The van der Waals surface area contributed by atoms with Crippen molar-refractivity contribution in [3.63, 3.8) is 0 Å². The molecule has 6 heteroatoms. The zero-order valence-corrected chi connectivity index (χ0v) is 21.5. The van der Waals surface area contributed by atoms with Gasteiger partial charge in [0.05, 0.1) is 25.3 Å². The minimum atomic E-state index is -0.827. The van der Waals surface area contributed by atoms with Gasteiger partial charge in [0.25, 0.3) is 11.7 Å². The van der Waals surface area contributed by atoms with E-state index in [9.17, 15) is 14.7 Å². The quantitative estimate of drug-likeness (QED) is 0.175. The minimum absolute atomic E-state index is 0.0398. The molecule has 1 amide bonds. The number of nitrogens with zero attached hydrogens (tertiary/aromatic N) is 1. The van der Waals surface area contributed by atoms with Crippen LogP contribution in [-0.4, -0.2) is 30.5 Å². The normalized spacial score (nSPS) is 16.8. The van der Waals surface area contributed by atoms with Crippen LogP contribution in [0.15, 0.2) is 96.6 Å². The maximum atomic E-state index is 13.5. The number of ketones is 1. The Labute approximate surface area is 221 Å². The van der Waals surface area contributed by atoms with Gasteiger partial charge in [-0.2, -0.15) is 0 Å². The molecule has 1 saturated heterocycles. The fourth-order valence-corrected chi connectivity index (χ4v) is 4.75. The molecular formula is C32H29NO5. The number of hydrogen-bond donors (Lipinski definition) is 1. The minimum Gasteiger partial charge on any atom is -0.507 e. The monoisotopic (exact) mass is 507 g/mol. The summed E-state index contributed by atoms with van der Waals surface area (Å²) in [5.74, 6) is -0.000278. The molecule has 1 N–H and O–H groups in total. The molecule has 0 aliphatic carbocycles. The van der Waals surface area contributed by atoms with Crippen molar-refractivity contribution in [2.75, 3.05) is 18.6 Å². The van der Waals surface area contributed by atoms with Gasteiger partial charge in [-0.25, -0.2) is 0 Å². The summed E-state index contributed by atoms with van der Waals surface area (Å²) in [6.45, 7) is 4.70. The zero-order chi connectivity index (χ0) is 26.8. The average molecular weight is 508 g/mol. The second-order valence-corrected chi connectivity index (χ2v) is 9.66. The third kappa shape index (κ3) is 4.61. The number of ether oxygens (including phenoxy) is 2. The van der Waals surface area contributed by atoms with Gasteiger partial charge >= 0.3 is 0 Å². The van der Waals surface area contributed by atoms with E-state index < -0.39 is 17.7 Å². The molecule has 6 nitrogen and oxygen atoms in total. The van der Waals surface area contributed by atoms with Crippen molar-refractivity contribution >= 4 is 33.9 Å². The van der Waals surface area contributed by atoms with E-state index in [0.717, 1.165) is 16.3 Å². The summed E-state index contributed by atoms with van der Waals surface area (Å²) < 4.78 is 11.0. The summed E-state index contributed by atoms with van der Waals surface area (Å²) in [4.78, 5) is 28.5. The molecule has 1 aliphatic rings. The number of carbonyl (C=O) groups excluding carboxylic acids is 2. The van der Waals surface area contributed by atoms with Crippen LogP contribution in [0.1, 0.15) is 31.0 Å². The lowest BCUT2D eigenvalue weighted by Crippen LogP contribution is -2.29. The largest absolute Gasteiger partial charge is 0.507 e. The van der Waals surface area contributed by atoms with Crippen LogP contribution in [0.25, 0.3) is 16.5 Å². The van der Waals surface area contributed by atoms with E-state index in [1.165, 1.54) is 4.90 Å². The maximum Gasteiger partial charge on any atom is 0.300 e. The van der Waals surface area contributed by atoms with Gasteiger partial charge in [0.15, 0.2) is 0 Å². The van der Waals surface area contributed by atoms with Crippen LogP contribution in [0.4, 0.5) is 5.69 Å². The first-order chi connectivity index (χ1) is 18.4. The number of hydrogen-bond acceptors (Lipinski definition) is 5. The van der Waals surface area contributed by atoms with Crippen LogP contribution >= 0.6 is 0 Å². The lowest BCUT2D eigenvalue weighted by atomic mass is 9.91. The second kappa shape index (κ2) is 10.4. The number of benzene rings is 4. The number of fused-ring (bicyclic) bond motifs is 1. The fourth-order valence-electron chi connectivity index (χ4n) is 4.75. The van der Waals surface area contributed by atoms with Crippen LogP contribution in [0, 0.1) is 5.92 Å². The highest BCUT2D eigenvalue weighted by molar-refractivity contribution is 6.51. The molecule has 0 bridgehead atoms. The molecular weight excluding hydrogens is 478 g/mol. The Kier molecular flexibility index (Phi) is 6.88. The lowest BCUT2D eigenvalue weighted by molar-refractivity contribution is -0.132. The first-order valence-electron chi connectivity index (χ1n) is 12.5. The highest BCUT2D eigenvalue weighted by Gasteiger charge is 2.47. The van der Waals surface area contributed by atoms with Crippen molar-refractivity contribution in [2.24, 2.45) is 5.92 Å². The molecule has 0 radical (unpaired) electrons. The molecule has 192 valence electrons. The topological polar surface area (TPSA) is 76.1 Å². The molecule has 5 rings (SSSR count). The van der Waals surface area contributed by atoms with E-state index in [-0.39, 0.29) is 11.3 Å². The summed E-state index contributed by atoms with van der Waals surface area (Å²) in [6, 6.07) is 26.6. The summed E-state index contributed by atoms with van der Waals surface area (Å²) in [6.07, 6.45) is 0. The third-order valence-electron chi connectivity index (χ3n) is 6.62. The summed E-state index contributed by atoms with van der Waals surface area (Å²) >= 11 is 0. The van der Waals surface area contributed by atoms with Gasteiger partial charge in [-0.05, 0) is 70.8 Å². The Bertz CT molecular complexity index is 1510. The van der Waals surface area contributed by atoms with Gasteiger partial charge < -0.3 is 14.6 Å². The summed E-state index contributed by atoms with van der Waals surface area (Å²) in [7, 11) is 1.57. The highest BCUT2D eigenvalue weighted by Crippen LogP contribution is 2.44. The van der Waals surface area contributed by atoms with Crippen molar-refractivity contribution in [2.45, 2.75) is 19.9 Å². The molecule has 4 aromatic carbocycles. The van der Waals surface area contributed by atoms with E-state index in [0.29, 0.717) is 35.3 Å². The van der Waals surface area contributed by atoms with Crippen LogP contribution in [0.2, 0.25) is 0 Å². The number of aliphatic hydroxyl groups excluding tert-OH is 1. The first-order valence-corrected chi connectivity index (χ1v) is 12.5. The van der Waals surface area contributed by atoms with Crippen LogP contribution in [-0.2, 0) is 9.59 Å². The average Bonchev–Trinajstić information content (AvgIpc) is 3.21. The van der Waals surface area contributed by atoms with E-state index in [1.54, 1.807) is 55.6 Å². The fraction of sp³-hybridized carbons (Fsp3) is 0.188. The van der Waals surface area contributed by atoms with Crippen molar-refractivity contribution < 1.29 is 24.2 Å². The standard InChI is InChI=1S/C32H29NO5/c1-20(2)19-38-25-15-11-22(12-16-25)30(34)28-29(27-10-6-8-21-7-4-5-9-26(21)27)33(32(36)31(28)35)23-13-17-24(37-3)18-14-23/h4-18,20,29,34H,19H2,1-3H3/b30-28-. The van der Waals surface area contributed by atoms with Crippen molar-refractivity contribution in [1.82, 2.24) is 0 Å². The van der Waals surface area contributed by atoms with Gasteiger partial charge in [0, 0.05) is 11.3 Å². The third-order valence-corrected chi connectivity index (χ3v) is 6.62. The SMILES string of the molecule is COc1ccc(N2C(=O)C(=O)/C(=C(\O)c3ccc(OCC(C)C)cc3)C2c2cccc3ccccc23)cc1. The summed E-state index contributed by atoms with van der Waals surface area (Å²) in [5.41, 5.74) is 1.75. The van der Waals surface area contributed by atoms with Gasteiger partial charge in [0.1, 0.15) is 17.3 Å². The van der Waals surface area contributed by atoms with Crippen LogP contribution in [0.3, 0.4) is 0 Å². The molecule has 1 fully saturated rings. The van der Waals surface area contributed by atoms with Gasteiger partial charge in [-0.1, -0.05) is 56.3 Å². The molecule has 0 spiro atoms. The maximum absolute atomic E-state index is 13.5. The summed E-state index contributed by atoms with van der Waals surface area (Å²) in [5, 5.41) is 13.3. The van der Waals surface area contributed by atoms with Gasteiger partial charge in [-0.3, -0.25) is 14.5 Å². The number of anilines is 1. The predicted octanol–water partition coefficient (Wildman–Crippen LogP) is 6.51. The molecule has 1 atom stereocenters. The van der Waals surface area contributed by atoms with Crippen molar-refractivity contribution in [3.8, 4) is 11.5 Å². The Morgan fingerprint density at radius 2 is 1.53 bits per heavy atom. The van der Waals surface area contributed by atoms with Crippen molar-refractivity contribution in [1.29, 1.82) is 0 Å². The number of methoxy groups -OCH3 is 1. The number of carbonyl (C=O) groups is 2. The molecule has 4 aromatic rings. The number of aliphatic hydroxyl groups is 1. The van der Waals surface area contributed by atoms with E-state index in [1.807, 2.05) is 42.5 Å². The smallest absolute Gasteiger partial charge is 0.300 e. The molecule has 1 unspecified atom stereocenters. The molecule has 1 heterocycles. The van der Waals surface area contributed by atoms with Gasteiger partial charge in [-0.15, -0.1) is 0 Å². The Balaban J connectivity index is 1.67. The van der Waals surface area contributed by atoms with E-state index >= 15 is 0 Å². The Hall–Kier alpha value is -4.58. The predicted molar refractivity (Wildman–Crippen MR) is 148 cm³/mol. The van der Waals surface area contributed by atoms with Crippen LogP contribution in [0.5, 0.6) is 11.5 Å². The first kappa shape index (κ1) is 25.1. The van der Waals surface area contributed by atoms with Crippen LogP contribution < -0.4 is 14.4 Å². The molecule has 0 saturated carbocycles. The van der Waals surface area contributed by atoms with Gasteiger partial charge in [0.2, 0.25) is 0 Å². The lowest BCUT2D eigenvalue weighted by Gasteiger charge is -2.26. The number of rotatable bonds is 7. The molecule has 38 heavy (non-hydrogen) atoms. The van der Waals surface area contributed by atoms with Crippen molar-refractivity contribution in [3.05, 3.63) is 108 Å². The Morgan fingerprint density at radius 3 is 2.21 bits per heavy atom. The second-order valence-electron chi connectivity index (χ2n) is 9.66. The van der Waals surface area contributed by atoms with E-state index in [4.69, 9.17) is 9.47 Å². The highest BCUT2D eigenvalue weighted by atomic mass is 16.5. The molecule has 1 aliphatic heterocycles. The van der Waals surface area contributed by atoms with E-state index in [2.05, 4.69) is 13.8 Å². The Morgan fingerprint density at radius 1 is 0.868 bits per heavy atom. The zero-order valence-electron chi connectivity index (χ0n) is 21.5. The number of amides is 1. The molecule has 0 aromatic heterocycles.